The van der Waals surface area contributed by atoms with E-state index in [1.54, 1.807) is 18.7 Å². The third-order valence-corrected chi connectivity index (χ3v) is 4.03. The van der Waals surface area contributed by atoms with Crippen molar-refractivity contribution in [3.8, 4) is 5.75 Å². The van der Waals surface area contributed by atoms with Crippen molar-refractivity contribution in [3.05, 3.63) is 29.8 Å². The Morgan fingerprint density at radius 3 is 2.57 bits per heavy atom. The molecule has 5 heteroatoms. The lowest BCUT2D eigenvalue weighted by molar-refractivity contribution is 0.0701. The Morgan fingerprint density at radius 2 is 2.00 bits per heavy atom. The summed E-state index contributed by atoms with van der Waals surface area (Å²) in [4.78, 5) is 0. The number of aliphatic hydroxyl groups is 2. The number of rotatable bonds is 10. The van der Waals surface area contributed by atoms with E-state index in [1.165, 1.54) is 5.56 Å². The summed E-state index contributed by atoms with van der Waals surface area (Å²) in [6.45, 7) is 4.99. The third-order valence-electron chi connectivity index (χ3n) is 3.12. The Kier molecular flexibility index (Phi) is 8.11. The summed E-state index contributed by atoms with van der Waals surface area (Å²) in [5, 5.41) is 22.9. The molecule has 0 fully saturated rings. The van der Waals surface area contributed by atoms with Crippen LogP contribution in [-0.4, -0.2) is 53.6 Å². The standard InChI is InChI=1S/C16H27NO3S/c1-4-13-5-7-15(8-6-13)20-10-14(18)9-17-11-16(2,19)12-21-3/h5-8,14,17-19H,4,9-12H2,1-3H3. The Labute approximate surface area is 131 Å². The quantitative estimate of drug-likeness (QED) is 0.614. The van der Waals surface area contributed by atoms with Gasteiger partial charge in [0.2, 0.25) is 0 Å². The van der Waals surface area contributed by atoms with Gasteiger partial charge < -0.3 is 20.3 Å². The fraction of sp³-hybridized carbons (Fsp3) is 0.625. The van der Waals surface area contributed by atoms with Gasteiger partial charge in [0, 0.05) is 18.8 Å². The highest BCUT2D eigenvalue weighted by Crippen LogP contribution is 2.13. The first kappa shape index (κ1) is 18.3. The van der Waals surface area contributed by atoms with Crippen LogP contribution >= 0.6 is 11.8 Å². The fourth-order valence-corrected chi connectivity index (χ4v) is 2.67. The van der Waals surface area contributed by atoms with Crippen molar-refractivity contribution in [2.24, 2.45) is 0 Å². The summed E-state index contributed by atoms with van der Waals surface area (Å²) in [6.07, 6.45) is 2.37. The van der Waals surface area contributed by atoms with Gasteiger partial charge in [-0.15, -0.1) is 0 Å². The molecule has 2 atom stereocenters. The highest BCUT2D eigenvalue weighted by molar-refractivity contribution is 7.98. The van der Waals surface area contributed by atoms with Crippen LogP contribution in [0.4, 0.5) is 0 Å². The molecule has 2 unspecified atom stereocenters. The van der Waals surface area contributed by atoms with Gasteiger partial charge in [0.05, 0.1) is 5.60 Å². The highest BCUT2D eigenvalue weighted by atomic mass is 32.2. The lowest BCUT2D eigenvalue weighted by Crippen LogP contribution is -2.43. The van der Waals surface area contributed by atoms with E-state index in [0.717, 1.165) is 12.2 Å². The molecule has 120 valence electrons. The molecule has 1 aromatic carbocycles. The minimum Gasteiger partial charge on any atom is -0.491 e. The van der Waals surface area contributed by atoms with Gasteiger partial charge in [-0.05, 0) is 37.3 Å². The van der Waals surface area contributed by atoms with Crippen molar-refractivity contribution in [3.63, 3.8) is 0 Å². The molecule has 0 aliphatic heterocycles. The molecular formula is C16H27NO3S. The summed E-state index contributed by atoms with van der Waals surface area (Å²) >= 11 is 1.60. The molecular weight excluding hydrogens is 286 g/mol. The monoisotopic (exact) mass is 313 g/mol. The van der Waals surface area contributed by atoms with E-state index in [9.17, 15) is 10.2 Å². The zero-order chi connectivity index (χ0) is 15.7. The number of benzene rings is 1. The summed E-state index contributed by atoms with van der Waals surface area (Å²) in [7, 11) is 0. The molecule has 0 bridgehead atoms. The van der Waals surface area contributed by atoms with E-state index in [1.807, 2.05) is 30.5 Å². The Balaban J connectivity index is 2.22. The molecule has 0 saturated heterocycles. The predicted octanol–water partition coefficient (Wildman–Crippen LogP) is 1.69. The van der Waals surface area contributed by atoms with E-state index in [0.29, 0.717) is 18.8 Å². The van der Waals surface area contributed by atoms with Gasteiger partial charge in [0.25, 0.3) is 0 Å². The second-order valence-corrected chi connectivity index (χ2v) is 6.39. The molecule has 0 aromatic heterocycles. The molecule has 0 saturated carbocycles. The number of ether oxygens (including phenoxy) is 1. The minimum atomic E-state index is -0.754. The average molecular weight is 313 g/mol. The van der Waals surface area contributed by atoms with Crippen LogP contribution < -0.4 is 10.1 Å². The maximum atomic E-state index is 9.99. The molecule has 21 heavy (non-hydrogen) atoms. The first-order valence-electron chi connectivity index (χ1n) is 7.28. The topological polar surface area (TPSA) is 61.7 Å². The number of hydrogen-bond acceptors (Lipinski definition) is 5. The molecule has 1 aromatic rings. The van der Waals surface area contributed by atoms with Crippen LogP contribution in [0.5, 0.6) is 5.75 Å². The first-order chi connectivity index (χ1) is 9.96. The number of aliphatic hydroxyl groups excluding tert-OH is 1. The highest BCUT2D eigenvalue weighted by Gasteiger charge is 2.19. The van der Waals surface area contributed by atoms with E-state index in [2.05, 4.69) is 12.2 Å². The van der Waals surface area contributed by atoms with Crippen molar-refractivity contribution >= 4 is 11.8 Å². The fourth-order valence-electron chi connectivity index (χ4n) is 1.94. The van der Waals surface area contributed by atoms with Crippen LogP contribution in [-0.2, 0) is 6.42 Å². The second kappa shape index (κ2) is 9.30. The number of nitrogens with one attached hydrogen (secondary N) is 1. The largest absolute Gasteiger partial charge is 0.491 e. The van der Waals surface area contributed by atoms with E-state index >= 15 is 0 Å². The van der Waals surface area contributed by atoms with Crippen LogP contribution in [0, 0.1) is 0 Å². The van der Waals surface area contributed by atoms with Crippen molar-refractivity contribution in [2.75, 3.05) is 31.7 Å². The van der Waals surface area contributed by atoms with Gasteiger partial charge in [0.15, 0.2) is 0 Å². The van der Waals surface area contributed by atoms with Crippen LogP contribution in [0.3, 0.4) is 0 Å². The predicted molar refractivity (Wildman–Crippen MR) is 89.2 cm³/mol. The molecule has 0 spiro atoms. The smallest absolute Gasteiger partial charge is 0.119 e. The number of aryl methyl sites for hydroxylation is 1. The molecule has 0 radical (unpaired) electrons. The summed E-state index contributed by atoms with van der Waals surface area (Å²) in [5.41, 5.74) is 0.510. The van der Waals surface area contributed by atoms with Crippen molar-refractivity contribution in [2.45, 2.75) is 32.0 Å². The number of hydrogen-bond donors (Lipinski definition) is 3. The van der Waals surface area contributed by atoms with Crippen molar-refractivity contribution in [1.82, 2.24) is 5.32 Å². The normalized spacial score (nSPS) is 15.5. The lowest BCUT2D eigenvalue weighted by Gasteiger charge is -2.23. The third kappa shape index (κ3) is 7.71. The molecule has 0 aliphatic carbocycles. The molecule has 0 aliphatic rings. The maximum Gasteiger partial charge on any atom is 0.119 e. The van der Waals surface area contributed by atoms with Gasteiger partial charge in [-0.2, -0.15) is 11.8 Å². The van der Waals surface area contributed by atoms with E-state index < -0.39 is 11.7 Å². The zero-order valence-corrected chi connectivity index (χ0v) is 13.9. The van der Waals surface area contributed by atoms with Gasteiger partial charge in [-0.3, -0.25) is 0 Å². The van der Waals surface area contributed by atoms with Gasteiger partial charge in [-0.1, -0.05) is 19.1 Å². The van der Waals surface area contributed by atoms with Gasteiger partial charge in [-0.25, -0.2) is 0 Å². The first-order valence-corrected chi connectivity index (χ1v) is 8.68. The Morgan fingerprint density at radius 1 is 1.33 bits per heavy atom. The molecule has 4 nitrogen and oxygen atoms in total. The average Bonchev–Trinajstić information content (AvgIpc) is 2.45. The molecule has 3 N–H and O–H groups in total. The summed E-state index contributed by atoms with van der Waals surface area (Å²) < 4.78 is 5.54. The molecule has 0 heterocycles. The molecule has 0 amide bonds. The summed E-state index contributed by atoms with van der Waals surface area (Å²) in [5.74, 6) is 1.43. The SMILES string of the molecule is CCc1ccc(OCC(O)CNCC(C)(O)CSC)cc1. The van der Waals surface area contributed by atoms with Gasteiger partial charge >= 0.3 is 0 Å². The second-order valence-electron chi connectivity index (χ2n) is 5.52. The lowest BCUT2D eigenvalue weighted by atomic mass is 10.1. The van der Waals surface area contributed by atoms with E-state index in [4.69, 9.17) is 4.74 Å². The van der Waals surface area contributed by atoms with Crippen LogP contribution in [0.15, 0.2) is 24.3 Å². The number of thioether (sulfide) groups is 1. The van der Waals surface area contributed by atoms with Gasteiger partial charge in [0.1, 0.15) is 18.5 Å². The van der Waals surface area contributed by atoms with E-state index in [-0.39, 0.29) is 6.61 Å². The van der Waals surface area contributed by atoms with Crippen molar-refractivity contribution in [1.29, 1.82) is 0 Å². The molecule has 1 rings (SSSR count). The minimum absolute atomic E-state index is 0.239. The Bertz CT molecular complexity index is 395. The zero-order valence-electron chi connectivity index (χ0n) is 13.1. The summed E-state index contributed by atoms with van der Waals surface area (Å²) in [6, 6.07) is 7.89. The van der Waals surface area contributed by atoms with Crippen LogP contribution in [0.25, 0.3) is 0 Å². The Hall–Kier alpha value is -0.750. The van der Waals surface area contributed by atoms with Crippen LogP contribution in [0.1, 0.15) is 19.4 Å². The maximum absolute atomic E-state index is 9.99. The van der Waals surface area contributed by atoms with Crippen molar-refractivity contribution < 1.29 is 14.9 Å². The van der Waals surface area contributed by atoms with Crippen LogP contribution in [0.2, 0.25) is 0 Å².